The van der Waals surface area contributed by atoms with Crippen molar-refractivity contribution in [2.45, 2.75) is 6.54 Å². The predicted molar refractivity (Wildman–Crippen MR) is 132 cm³/mol. The second-order valence-electron chi connectivity index (χ2n) is 8.35. The summed E-state index contributed by atoms with van der Waals surface area (Å²) in [6.07, 6.45) is 0. The number of rotatable bonds is 5. The lowest BCUT2D eigenvalue weighted by molar-refractivity contribution is 0.402. The molecule has 2 aromatic heterocycles. The highest BCUT2D eigenvalue weighted by Gasteiger charge is 2.20. The minimum absolute atomic E-state index is 0.106. The molecule has 0 aliphatic heterocycles. The van der Waals surface area contributed by atoms with E-state index in [1.54, 1.807) is 28.8 Å². The van der Waals surface area contributed by atoms with Crippen LogP contribution in [0.25, 0.3) is 33.9 Å². The fourth-order valence-electron chi connectivity index (χ4n) is 3.99. The molecule has 0 bridgehead atoms. The van der Waals surface area contributed by atoms with E-state index >= 15 is 0 Å². The van der Waals surface area contributed by atoms with Gasteiger partial charge in [-0.2, -0.15) is 4.68 Å². The van der Waals surface area contributed by atoms with Crippen molar-refractivity contribution < 1.29 is 8.78 Å². The van der Waals surface area contributed by atoms with E-state index in [1.165, 1.54) is 28.9 Å². The molecule has 0 amide bonds. The molecule has 0 spiro atoms. The van der Waals surface area contributed by atoms with Gasteiger partial charge in [-0.25, -0.2) is 13.8 Å². The second kappa shape index (κ2) is 9.05. The average molecular weight is 492 g/mol. The van der Waals surface area contributed by atoms with E-state index < -0.39 is 11.6 Å². The molecule has 5 aromatic rings. The molecule has 0 saturated heterocycles. The van der Waals surface area contributed by atoms with Gasteiger partial charge in [0.15, 0.2) is 5.82 Å². The van der Waals surface area contributed by atoms with Gasteiger partial charge in [0.25, 0.3) is 5.56 Å². The first kappa shape index (κ1) is 22.9. The van der Waals surface area contributed by atoms with Crippen molar-refractivity contribution >= 4 is 22.6 Å². The summed E-state index contributed by atoms with van der Waals surface area (Å²) in [5.41, 5.74) is 2.42. The Kier molecular flexibility index (Phi) is 5.92. The number of fused-ring (bicyclic) bond motifs is 1. The first-order valence-electron chi connectivity index (χ1n) is 10.8. The first-order valence-corrected chi connectivity index (χ1v) is 11.2. The SMILES string of the molecule is CN(C)Cc1ccc2c(c1)nc(-c1ccc(F)cc1F)n2-c1ccc(=O)n(-c2ccccc2Cl)n1. The third kappa shape index (κ3) is 4.34. The largest absolute Gasteiger partial charge is 0.305 e. The van der Waals surface area contributed by atoms with Gasteiger partial charge in [0.2, 0.25) is 0 Å². The monoisotopic (exact) mass is 491 g/mol. The third-order valence-electron chi connectivity index (χ3n) is 5.49. The van der Waals surface area contributed by atoms with Gasteiger partial charge in [-0.3, -0.25) is 9.36 Å². The van der Waals surface area contributed by atoms with Gasteiger partial charge in [0, 0.05) is 18.7 Å². The van der Waals surface area contributed by atoms with Crippen LogP contribution in [0.5, 0.6) is 0 Å². The molecule has 2 heterocycles. The lowest BCUT2D eigenvalue weighted by atomic mass is 10.2. The van der Waals surface area contributed by atoms with Crippen LogP contribution in [0.4, 0.5) is 8.78 Å². The average Bonchev–Trinajstić information content (AvgIpc) is 3.18. The van der Waals surface area contributed by atoms with Crippen molar-refractivity contribution in [3.8, 4) is 22.9 Å². The molecule has 0 aliphatic rings. The van der Waals surface area contributed by atoms with Gasteiger partial charge in [0.1, 0.15) is 17.5 Å². The van der Waals surface area contributed by atoms with Crippen LogP contribution in [0, 0.1) is 11.6 Å². The molecule has 176 valence electrons. The van der Waals surface area contributed by atoms with Crippen molar-refractivity contribution in [2.75, 3.05) is 14.1 Å². The van der Waals surface area contributed by atoms with Crippen molar-refractivity contribution in [3.05, 3.63) is 105 Å². The zero-order valence-electron chi connectivity index (χ0n) is 18.9. The molecule has 0 radical (unpaired) electrons. The van der Waals surface area contributed by atoms with E-state index in [-0.39, 0.29) is 16.9 Å². The summed E-state index contributed by atoms with van der Waals surface area (Å²) < 4.78 is 31.4. The van der Waals surface area contributed by atoms with Crippen LogP contribution < -0.4 is 5.56 Å². The predicted octanol–water partition coefficient (Wildman–Crippen LogP) is 5.23. The molecular formula is C26H20ClF2N5O. The maximum atomic E-state index is 14.9. The zero-order valence-corrected chi connectivity index (χ0v) is 19.7. The summed E-state index contributed by atoms with van der Waals surface area (Å²) in [4.78, 5) is 19.4. The summed E-state index contributed by atoms with van der Waals surface area (Å²) in [5.74, 6) is -0.885. The Balaban J connectivity index is 1.78. The van der Waals surface area contributed by atoms with Gasteiger partial charge in [0.05, 0.1) is 27.3 Å². The number of benzene rings is 3. The highest BCUT2D eigenvalue weighted by atomic mass is 35.5. The van der Waals surface area contributed by atoms with E-state index in [9.17, 15) is 13.6 Å². The number of aromatic nitrogens is 4. The highest BCUT2D eigenvalue weighted by molar-refractivity contribution is 6.32. The van der Waals surface area contributed by atoms with Gasteiger partial charge in [-0.1, -0.05) is 29.8 Å². The molecule has 0 saturated carbocycles. The van der Waals surface area contributed by atoms with Gasteiger partial charge >= 0.3 is 0 Å². The Bertz CT molecular complexity index is 1630. The number of nitrogens with zero attached hydrogens (tertiary/aromatic N) is 5. The molecule has 0 atom stereocenters. The summed E-state index contributed by atoms with van der Waals surface area (Å²) in [6, 6.07) is 18.8. The molecule has 6 nitrogen and oxygen atoms in total. The van der Waals surface area contributed by atoms with Gasteiger partial charge in [-0.15, -0.1) is 5.10 Å². The minimum atomic E-state index is -0.755. The molecule has 0 aliphatic carbocycles. The smallest absolute Gasteiger partial charge is 0.271 e. The molecule has 0 N–H and O–H groups in total. The number of hydrogen-bond acceptors (Lipinski definition) is 4. The number of imidazole rings is 1. The lowest BCUT2D eigenvalue weighted by Gasteiger charge is -2.13. The standard InChI is InChI=1S/C26H20ClF2N5O/c1-32(2)15-16-7-10-23-21(13-16)30-26(18-9-8-17(28)14-20(18)29)33(23)24-11-12-25(35)34(31-24)22-6-4-3-5-19(22)27/h3-14H,15H2,1-2H3. The van der Waals surface area contributed by atoms with Crippen LogP contribution >= 0.6 is 11.6 Å². The molecule has 3 aromatic carbocycles. The zero-order chi connectivity index (χ0) is 24.7. The Morgan fingerprint density at radius 1 is 0.971 bits per heavy atom. The van der Waals surface area contributed by atoms with Gasteiger partial charge in [-0.05, 0) is 62.1 Å². The Morgan fingerprint density at radius 3 is 2.51 bits per heavy atom. The van der Waals surface area contributed by atoms with Crippen LogP contribution in [0.3, 0.4) is 0 Å². The Labute approximate surface area is 204 Å². The summed E-state index contributed by atoms with van der Waals surface area (Å²) in [6.45, 7) is 0.693. The second-order valence-corrected chi connectivity index (χ2v) is 8.76. The van der Waals surface area contributed by atoms with Crippen LogP contribution in [0.2, 0.25) is 5.02 Å². The van der Waals surface area contributed by atoms with Crippen LogP contribution in [-0.4, -0.2) is 38.3 Å². The minimum Gasteiger partial charge on any atom is -0.305 e. The molecule has 9 heteroatoms. The number of halogens is 3. The third-order valence-corrected chi connectivity index (χ3v) is 5.81. The van der Waals surface area contributed by atoms with Crippen LogP contribution in [0.15, 0.2) is 77.6 Å². The van der Waals surface area contributed by atoms with E-state index in [0.29, 0.717) is 34.1 Å². The molecule has 0 unspecified atom stereocenters. The van der Waals surface area contributed by atoms with Gasteiger partial charge < -0.3 is 4.90 Å². The normalized spacial score (nSPS) is 11.5. The maximum Gasteiger partial charge on any atom is 0.271 e. The highest BCUT2D eigenvalue weighted by Crippen LogP contribution is 2.30. The fourth-order valence-corrected chi connectivity index (χ4v) is 4.21. The summed E-state index contributed by atoms with van der Waals surface area (Å²) >= 11 is 6.32. The number of hydrogen-bond donors (Lipinski definition) is 0. The topological polar surface area (TPSA) is 56.0 Å². The van der Waals surface area contributed by atoms with E-state index in [1.807, 2.05) is 37.2 Å². The maximum absolute atomic E-state index is 14.9. The fraction of sp³-hybridized carbons (Fsp3) is 0.115. The molecule has 0 fully saturated rings. The summed E-state index contributed by atoms with van der Waals surface area (Å²) in [7, 11) is 3.92. The first-order chi connectivity index (χ1) is 16.8. The molecular weight excluding hydrogens is 472 g/mol. The van der Waals surface area contributed by atoms with Crippen LogP contribution in [-0.2, 0) is 6.54 Å². The lowest BCUT2D eigenvalue weighted by Crippen LogP contribution is -2.22. The van der Waals surface area contributed by atoms with E-state index in [4.69, 9.17) is 11.6 Å². The van der Waals surface area contributed by atoms with E-state index in [0.717, 1.165) is 11.6 Å². The number of para-hydroxylation sites is 1. The molecule has 5 rings (SSSR count). The van der Waals surface area contributed by atoms with Crippen molar-refractivity contribution in [3.63, 3.8) is 0 Å². The van der Waals surface area contributed by atoms with E-state index in [2.05, 4.69) is 10.1 Å². The van der Waals surface area contributed by atoms with Crippen molar-refractivity contribution in [2.24, 2.45) is 0 Å². The Hall–Kier alpha value is -3.88. The Morgan fingerprint density at radius 2 is 1.77 bits per heavy atom. The molecule has 35 heavy (non-hydrogen) atoms. The van der Waals surface area contributed by atoms with Crippen molar-refractivity contribution in [1.29, 1.82) is 0 Å². The summed E-state index contributed by atoms with van der Waals surface area (Å²) in [5, 5.41) is 4.89. The van der Waals surface area contributed by atoms with Crippen molar-refractivity contribution in [1.82, 2.24) is 24.2 Å². The van der Waals surface area contributed by atoms with Crippen LogP contribution in [0.1, 0.15) is 5.56 Å². The quantitative estimate of drug-likeness (QED) is 0.338.